The summed E-state index contributed by atoms with van der Waals surface area (Å²) < 4.78 is 45.5. The fourth-order valence-electron chi connectivity index (χ4n) is 3.30. The maximum absolute atomic E-state index is 13.2. The fourth-order valence-corrected chi connectivity index (χ4v) is 3.85. The summed E-state index contributed by atoms with van der Waals surface area (Å²) in [5.74, 6) is -1.36. The number of carbonyl (C=O) groups excluding carboxylic acids is 2. The molecule has 0 aliphatic carbocycles. The Labute approximate surface area is 199 Å². The third-order valence-corrected chi connectivity index (χ3v) is 5.73. The van der Waals surface area contributed by atoms with Crippen LogP contribution in [0.1, 0.15) is 31.8 Å². The highest BCUT2D eigenvalue weighted by atomic mass is 79.9. The molecule has 0 radical (unpaired) electrons. The number of hydrogen-bond acceptors (Lipinski definition) is 5. The first-order chi connectivity index (χ1) is 15.6. The molecule has 1 aliphatic rings. The Balaban J connectivity index is 1.61. The number of ether oxygens (including phenoxy) is 1. The number of hydrazine groups is 1. The van der Waals surface area contributed by atoms with E-state index >= 15 is 0 Å². The van der Waals surface area contributed by atoms with Crippen molar-refractivity contribution < 1.29 is 27.5 Å². The van der Waals surface area contributed by atoms with E-state index in [1.807, 2.05) is 24.3 Å². The van der Waals surface area contributed by atoms with E-state index in [-0.39, 0.29) is 34.3 Å². The van der Waals surface area contributed by atoms with Gasteiger partial charge in [0.2, 0.25) is 0 Å². The molecule has 0 saturated carbocycles. The van der Waals surface area contributed by atoms with Crippen LogP contribution in [0.2, 0.25) is 5.02 Å². The maximum Gasteiger partial charge on any atom is 0.417 e. The van der Waals surface area contributed by atoms with Gasteiger partial charge in [0.25, 0.3) is 11.8 Å². The number of pyridine rings is 1. The number of halogens is 5. The van der Waals surface area contributed by atoms with Gasteiger partial charge in [-0.3, -0.25) is 14.6 Å². The average Bonchev–Trinajstić information content (AvgIpc) is 3.03. The SMILES string of the molecule is CN(c1ncc(C(F)(F)F)cc1Cl)N1C(=O)c2cccc(OCc3ccc(Br)cc3)c2C1=O. The number of imide groups is 1. The van der Waals surface area contributed by atoms with Crippen molar-refractivity contribution in [2.75, 3.05) is 12.1 Å². The van der Waals surface area contributed by atoms with E-state index in [1.54, 1.807) is 12.1 Å². The Bertz CT molecular complexity index is 1250. The second kappa shape index (κ2) is 8.68. The van der Waals surface area contributed by atoms with Gasteiger partial charge in [-0.25, -0.2) is 4.98 Å². The molecule has 170 valence electrons. The Morgan fingerprint density at radius 3 is 2.45 bits per heavy atom. The Morgan fingerprint density at radius 1 is 1.12 bits per heavy atom. The molecule has 0 atom stereocenters. The largest absolute Gasteiger partial charge is 0.488 e. The van der Waals surface area contributed by atoms with E-state index in [4.69, 9.17) is 16.3 Å². The van der Waals surface area contributed by atoms with E-state index in [0.29, 0.717) is 12.3 Å². The first-order valence-electron chi connectivity index (χ1n) is 9.43. The molecule has 0 fully saturated rings. The number of benzene rings is 2. The quantitative estimate of drug-likeness (QED) is 0.386. The van der Waals surface area contributed by atoms with Crippen LogP contribution in [-0.4, -0.2) is 28.9 Å². The van der Waals surface area contributed by atoms with Gasteiger partial charge in [-0.15, -0.1) is 0 Å². The third kappa shape index (κ3) is 4.40. The van der Waals surface area contributed by atoms with Gasteiger partial charge in [-0.05, 0) is 35.9 Å². The smallest absolute Gasteiger partial charge is 0.417 e. The fraction of sp³-hybridized carbons (Fsp3) is 0.136. The van der Waals surface area contributed by atoms with Crippen LogP contribution >= 0.6 is 27.5 Å². The molecule has 0 saturated heterocycles. The van der Waals surface area contributed by atoms with Crippen LogP contribution in [0, 0.1) is 0 Å². The van der Waals surface area contributed by atoms with Crippen LogP contribution in [0.3, 0.4) is 0 Å². The summed E-state index contributed by atoms with van der Waals surface area (Å²) in [6, 6.07) is 12.7. The van der Waals surface area contributed by atoms with Crippen LogP contribution in [0.15, 0.2) is 59.2 Å². The zero-order chi connectivity index (χ0) is 23.9. The number of amides is 2. The predicted molar refractivity (Wildman–Crippen MR) is 118 cm³/mol. The number of nitrogens with zero attached hydrogens (tertiary/aromatic N) is 3. The van der Waals surface area contributed by atoms with E-state index in [0.717, 1.165) is 20.1 Å². The molecule has 3 aromatic rings. The molecule has 2 heterocycles. The Hall–Kier alpha value is -3.11. The lowest BCUT2D eigenvalue weighted by Crippen LogP contribution is -2.44. The molecule has 33 heavy (non-hydrogen) atoms. The lowest BCUT2D eigenvalue weighted by atomic mass is 10.1. The zero-order valence-electron chi connectivity index (χ0n) is 16.9. The minimum Gasteiger partial charge on any atom is -0.488 e. The number of rotatable bonds is 5. The topological polar surface area (TPSA) is 62.7 Å². The van der Waals surface area contributed by atoms with Crippen LogP contribution < -0.4 is 9.75 Å². The highest BCUT2D eigenvalue weighted by Gasteiger charge is 2.42. The Morgan fingerprint density at radius 2 is 1.82 bits per heavy atom. The van der Waals surface area contributed by atoms with Crippen molar-refractivity contribution in [3.63, 3.8) is 0 Å². The number of hydrogen-bond donors (Lipinski definition) is 0. The van der Waals surface area contributed by atoms with E-state index in [1.165, 1.54) is 13.1 Å². The highest BCUT2D eigenvalue weighted by molar-refractivity contribution is 9.10. The molecule has 1 aliphatic heterocycles. The van der Waals surface area contributed by atoms with Crippen molar-refractivity contribution in [1.29, 1.82) is 0 Å². The summed E-state index contributed by atoms with van der Waals surface area (Å²) in [5, 5.41) is 1.42. The molecular weight excluding hydrogens is 527 g/mol. The number of carbonyl (C=O) groups is 2. The van der Waals surface area contributed by atoms with Gasteiger partial charge in [0, 0.05) is 17.7 Å². The molecular formula is C22H14BrClF3N3O3. The minimum atomic E-state index is -4.63. The van der Waals surface area contributed by atoms with Gasteiger partial charge in [0.1, 0.15) is 12.4 Å². The monoisotopic (exact) mass is 539 g/mol. The summed E-state index contributed by atoms with van der Waals surface area (Å²) in [7, 11) is 1.31. The summed E-state index contributed by atoms with van der Waals surface area (Å²) >= 11 is 9.35. The molecule has 0 unspecified atom stereocenters. The lowest BCUT2D eigenvalue weighted by molar-refractivity contribution is -0.137. The van der Waals surface area contributed by atoms with E-state index in [2.05, 4.69) is 20.9 Å². The standard InChI is InChI=1S/C22H14BrClF3N3O3/c1-29(19-16(24)9-13(10-28-19)22(25,26)27)30-20(31)15-3-2-4-17(18(15)21(30)32)33-11-12-5-7-14(23)8-6-12/h2-10H,11H2,1H3. The maximum atomic E-state index is 13.2. The van der Waals surface area contributed by atoms with Crippen molar-refractivity contribution in [1.82, 2.24) is 9.99 Å². The van der Waals surface area contributed by atoms with Crippen molar-refractivity contribution in [2.24, 2.45) is 0 Å². The molecule has 0 N–H and O–H groups in total. The number of anilines is 1. The third-order valence-electron chi connectivity index (χ3n) is 4.92. The molecule has 11 heteroatoms. The second-order valence-corrected chi connectivity index (χ2v) is 8.39. The highest BCUT2D eigenvalue weighted by Crippen LogP contribution is 2.36. The predicted octanol–water partition coefficient (Wildman–Crippen LogP) is 5.74. The van der Waals surface area contributed by atoms with Crippen molar-refractivity contribution in [2.45, 2.75) is 12.8 Å². The summed E-state index contributed by atoms with van der Waals surface area (Å²) in [6.07, 6.45) is -4.05. The number of aromatic nitrogens is 1. The number of alkyl halides is 3. The van der Waals surface area contributed by atoms with E-state index < -0.39 is 23.6 Å². The van der Waals surface area contributed by atoms with Crippen LogP contribution in [0.4, 0.5) is 19.0 Å². The molecule has 0 spiro atoms. The molecule has 2 amide bonds. The summed E-state index contributed by atoms with van der Waals surface area (Å²) in [5.41, 5.74) is -0.0457. The van der Waals surface area contributed by atoms with Crippen molar-refractivity contribution in [3.8, 4) is 5.75 Å². The van der Waals surface area contributed by atoms with E-state index in [9.17, 15) is 22.8 Å². The van der Waals surface area contributed by atoms with Gasteiger partial charge in [-0.2, -0.15) is 18.2 Å². The first kappa shape index (κ1) is 23.1. The van der Waals surface area contributed by atoms with Crippen molar-refractivity contribution in [3.05, 3.63) is 86.5 Å². The summed E-state index contributed by atoms with van der Waals surface area (Å²) in [6.45, 7) is 0.160. The average molecular weight is 541 g/mol. The zero-order valence-corrected chi connectivity index (χ0v) is 19.2. The minimum absolute atomic E-state index is 0.0505. The molecule has 1 aromatic heterocycles. The molecule has 6 nitrogen and oxygen atoms in total. The second-order valence-electron chi connectivity index (χ2n) is 7.07. The molecule has 0 bridgehead atoms. The van der Waals surface area contributed by atoms with Crippen molar-refractivity contribution >= 4 is 45.2 Å². The van der Waals surface area contributed by atoms with Gasteiger partial charge in [-0.1, -0.05) is 45.7 Å². The normalized spacial score (nSPS) is 13.3. The first-order valence-corrected chi connectivity index (χ1v) is 10.6. The Kier molecular flexibility index (Phi) is 6.06. The van der Waals surface area contributed by atoms with Gasteiger partial charge in [0.15, 0.2) is 5.82 Å². The van der Waals surface area contributed by atoms with Crippen LogP contribution in [0.5, 0.6) is 5.75 Å². The molecule has 4 rings (SSSR count). The van der Waals surface area contributed by atoms with Gasteiger partial charge in [0.05, 0.1) is 21.7 Å². The molecule has 2 aromatic carbocycles. The van der Waals surface area contributed by atoms with Gasteiger partial charge >= 0.3 is 6.18 Å². The van der Waals surface area contributed by atoms with Gasteiger partial charge < -0.3 is 4.74 Å². The van der Waals surface area contributed by atoms with Crippen LogP contribution in [0.25, 0.3) is 0 Å². The summed E-state index contributed by atoms with van der Waals surface area (Å²) in [4.78, 5) is 29.9. The number of fused-ring (bicyclic) bond motifs is 1. The van der Waals surface area contributed by atoms with Crippen LogP contribution in [-0.2, 0) is 12.8 Å². The lowest BCUT2D eigenvalue weighted by Gasteiger charge is -2.27.